The molecule has 0 spiro atoms. The number of rotatable bonds is 3. The first-order valence-electron chi connectivity index (χ1n) is 11.8. The Bertz CT molecular complexity index is 1090. The number of aliphatic imine (C=N–C) groups is 2. The minimum atomic E-state index is -2.67. The van der Waals surface area contributed by atoms with Crippen LogP contribution in [0, 0.1) is 12.8 Å². The summed E-state index contributed by atoms with van der Waals surface area (Å²) in [6.07, 6.45) is 1.01. The van der Waals surface area contributed by atoms with E-state index in [1.54, 1.807) is 35.0 Å². The van der Waals surface area contributed by atoms with Crippen LogP contribution < -0.4 is 5.43 Å². The third-order valence-electron chi connectivity index (χ3n) is 5.58. The number of hydrogen-bond donors (Lipinski definition) is 1. The normalized spacial score (nSPS) is 21.1. The van der Waals surface area contributed by atoms with Crippen molar-refractivity contribution in [3.05, 3.63) is 41.4 Å². The lowest BCUT2D eigenvalue weighted by atomic mass is 9.92. The number of hydrogen-bond acceptors (Lipinski definition) is 7. The minimum Gasteiger partial charge on any atom is -0.440 e. The largest absolute Gasteiger partial charge is 0.440 e. The van der Waals surface area contributed by atoms with E-state index in [1.165, 1.54) is 12.4 Å². The highest BCUT2D eigenvalue weighted by Crippen LogP contribution is 2.32. The Hall–Kier alpha value is -3.30. The van der Waals surface area contributed by atoms with Gasteiger partial charge < -0.3 is 9.32 Å². The number of aromatic nitrogens is 1. The van der Waals surface area contributed by atoms with Crippen molar-refractivity contribution >= 4 is 29.1 Å². The summed E-state index contributed by atoms with van der Waals surface area (Å²) in [5.41, 5.74) is 4.93. The Morgan fingerprint density at radius 3 is 2.74 bits per heavy atom. The summed E-state index contributed by atoms with van der Waals surface area (Å²) >= 11 is 0. The number of hydrazine groups is 1. The second-order valence-corrected chi connectivity index (χ2v) is 7.52. The molecule has 5 rings (SSSR count). The lowest BCUT2D eigenvalue weighted by Crippen LogP contribution is -2.47. The molecule has 3 aliphatic heterocycles. The molecule has 0 radical (unpaired) electrons. The summed E-state index contributed by atoms with van der Waals surface area (Å²) in [6.45, 7) is 10.7. The monoisotopic (exact) mass is 474 g/mol. The van der Waals surface area contributed by atoms with Gasteiger partial charge in [0.2, 0.25) is 6.29 Å². The SMILES string of the molecule is CC.CC.Cc1nc2cccc(C(=O)N3CCC[C@H](C4=CC(C(F)F)=NC5N=CNN45)C3)c2o1. The second kappa shape index (κ2) is 11.2. The van der Waals surface area contributed by atoms with Crippen molar-refractivity contribution in [2.24, 2.45) is 15.9 Å². The molecule has 1 aromatic carbocycles. The van der Waals surface area contributed by atoms with Crippen molar-refractivity contribution in [3.8, 4) is 0 Å². The van der Waals surface area contributed by atoms with E-state index >= 15 is 0 Å². The van der Waals surface area contributed by atoms with Gasteiger partial charge in [0.25, 0.3) is 12.3 Å². The van der Waals surface area contributed by atoms with Crippen molar-refractivity contribution in [1.29, 1.82) is 0 Å². The van der Waals surface area contributed by atoms with E-state index < -0.39 is 12.7 Å². The lowest BCUT2D eigenvalue weighted by molar-refractivity contribution is 0.0665. The van der Waals surface area contributed by atoms with Crippen molar-refractivity contribution in [3.63, 3.8) is 0 Å². The average Bonchev–Trinajstić information content (AvgIpc) is 3.51. The van der Waals surface area contributed by atoms with Crippen LogP contribution in [0.5, 0.6) is 0 Å². The molecule has 2 atom stereocenters. The Balaban J connectivity index is 0.000000771. The van der Waals surface area contributed by atoms with Gasteiger partial charge >= 0.3 is 0 Å². The first-order chi connectivity index (χ1) is 16.5. The molecule has 2 aromatic rings. The van der Waals surface area contributed by atoms with Gasteiger partial charge in [0.1, 0.15) is 17.6 Å². The quantitative estimate of drug-likeness (QED) is 0.692. The van der Waals surface area contributed by atoms with Crippen molar-refractivity contribution in [2.45, 2.75) is 60.2 Å². The maximum absolute atomic E-state index is 13.3. The number of amides is 1. The number of benzene rings is 1. The molecular formula is C24H32F2N6O2. The molecule has 184 valence electrons. The number of fused-ring (bicyclic) bond motifs is 2. The number of para-hydroxylation sites is 1. The summed E-state index contributed by atoms with van der Waals surface area (Å²) in [5.74, 6) is 0.237. The van der Waals surface area contributed by atoms with Crippen LogP contribution in [0.15, 0.2) is 44.4 Å². The lowest BCUT2D eigenvalue weighted by Gasteiger charge is -2.39. The number of carbonyl (C=O) groups is 1. The number of allylic oxidation sites excluding steroid dienone is 1. The zero-order chi connectivity index (χ0) is 24.8. The van der Waals surface area contributed by atoms with Crippen LogP contribution in [0.25, 0.3) is 11.1 Å². The van der Waals surface area contributed by atoms with Crippen LogP contribution in [0.1, 0.15) is 56.8 Å². The molecule has 1 aromatic heterocycles. The van der Waals surface area contributed by atoms with E-state index in [1.807, 2.05) is 27.7 Å². The number of nitrogens with one attached hydrogen (secondary N) is 1. The molecule has 34 heavy (non-hydrogen) atoms. The number of oxazole rings is 1. The minimum absolute atomic E-state index is 0.112. The summed E-state index contributed by atoms with van der Waals surface area (Å²) < 4.78 is 32.3. The zero-order valence-electron chi connectivity index (χ0n) is 20.3. The fraction of sp³-hybridized carbons (Fsp3) is 0.500. The van der Waals surface area contributed by atoms with Gasteiger partial charge in [0.15, 0.2) is 11.5 Å². The van der Waals surface area contributed by atoms with Crippen molar-refractivity contribution < 1.29 is 18.0 Å². The summed E-state index contributed by atoms with van der Waals surface area (Å²) in [6, 6.07) is 5.31. The fourth-order valence-corrected chi connectivity index (χ4v) is 4.22. The number of likely N-dealkylation sites (tertiary alicyclic amines) is 1. The zero-order valence-corrected chi connectivity index (χ0v) is 20.3. The van der Waals surface area contributed by atoms with Gasteiger partial charge in [-0.3, -0.25) is 10.2 Å². The molecule has 1 N–H and O–H groups in total. The Morgan fingerprint density at radius 1 is 1.24 bits per heavy atom. The van der Waals surface area contributed by atoms with Crippen molar-refractivity contribution in [2.75, 3.05) is 13.1 Å². The molecule has 0 aliphatic carbocycles. The third-order valence-corrected chi connectivity index (χ3v) is 5.58. The van der Waals surface area contributed by atoms with Gasteiger partial charge in [-0.2, -0.15) is 0 Å². The smallest absolute Gasteiger partial charge is 0.280 e. The summed E-state index contributed by atoms with van der Waals surface area (Å²) in [7, 11) is 0. The van der Waals surface area contributed by atoms with Crippen LogP contribution in [-0.4, -0.2) is 58.7 Å². The molecule has 1 saturated heterocycles. The molecule has 0 bridgehead atoms. The average molecular weight is 475 g/mol. The first kappa shape index (κ1) is 25.3. The van der Waals surface area contributed by atoms with Gasteiger partial charge in [0.05, 0.1) is 5.56 Å². The molecule has 1 unspecified atom stereocenters. The highest BCUT2D eigenvalue weighted by molar-refractivity contribution is 6.04. The molecule has 10 heteroatoms. The van der Waals surface area contributed by atoms with Crippen LogP contribution in [0.4, 0.5) is 8.78 Å². The number of aryl methyl sites for hydroxylation is 1. The van der Waals surface area contributed by atoms with Crippen LogP contribution >= 0.6 is 0 Å². The number of piperidine rings is 1. The van der Waals surface area contributed by atoms with E-state index in [0.717, 1.165) is 12.8 Å². The molecule has 8 nitrogen and oxygen atoms in total. The highest BCUT2D eigenvalue weighted by Gasteiger charge is 2.36. The standard InChI is InChI=1S/C20H20F2N6O2.2C2H6/c1-11-25-14-6-2-5-13(17(14)30-11)19(29)27-7-3-4-12(9-27)16-8-15(18(21)22)26-20-23-10-24-28(16)20;2*1-2/h2,5-6,8,10,12,18,20H,3-4,7,9H2,1H3,(H,23,24);2*1-2H3/t12-,20?;;/m0../s1. The Kier molecular flexibility index (Phi) is 8.36. The van der Waals surface area contributed by atoms with Crippen LogP contribution in [-0.2, 0) is 0 Å². The van der Waals surface area contributed by atoms with Gasteiger partial charge in [-0.15, -0.1) is 0 Å². The predicted molar refractivity (Wildman–Crippen MR) is 129 cm³/mol. The summed E-state index contributed by atoms with van der Waals surface area (Å²) in [4.78, 5) is 27.4. The van der Waals surface area contributed by atoms with Crippen LogP contribution in [0.3, 0.4) is 0 Å². The summed E-state index contributed by atoms with van der Waals surface area (Å²) in [5, 5.41) is 1.69. The molecule has 0 saturated carbocycles. The predicted octanol–water partition coefficient (Wildman–Crippen LogP) is 4.78. The Morgan fingerprint density at radius 2 is 2.00 bits per heavy atom. The Labute approximate surface area is 198 Å². The van der Waals surface area contributed by atoms with Crippen molar-refractivity contribution in [1.82, 2.24) is 20.3 Å². The topological polar surface area (TPSA) is 86.3 Å². The maximum Gasteiger partial charge on any atom is 0.280 e. The van der Waals surface area contributed by atoms with E-state index in [9.17, 15) is 13.6 Å². The number of alkyl halides is 2. The van der Waals surface area contributed by atoms with Crippen LogP contribution in [0.2, 0.25) is 0 Å². The third kappa shape index (κ3) is 4.95. The molecule has 4 heterocycles. The van der Waals surface area contributed by atoms with Gasteiger partial charge in [-0.1, -0.05) is 33.8 Å². The van der Waals surface area contributed by atoms with E-state index in [4.69, 9.17) is 4.42 Å². The molecule has 3 aliphatic rings. The highest BCUT2D eigenvalue weighted by atomic mass is 19.3. The first-order valence-corrected chi connectivity index (χ1v) is 11.8. The number of halogens is 2. The second-order valence-electron chi connectivity index (χ2n) is 7.52. The maximum atomic E-state index is 13.3. The van der Waals surface area contributed by atoms with E-state index in [0.29, 0.717) is 41.3 Å². The van der Waals surface area contributed by atoms with Gasteiger partial charge in [-0.05, 0) is 31.1 Å². The number of carbonyl (C=O) groups excluding carboxylic acids is 1. The van der Waals surface area contributed by atoms with Gasteiger partial charge in [0, 0.05) is 31.6 Å². The van der Waals surface area contributed by atoms with E-state index in [-0.39, 0.29) is 17.5 Å². The fourth-order valence-electron chi connectivity index (χ4n) is 4.22. The number of nitrogens with zero attached hydrogens (tertiary/aromatic N) is 5. The molecular weight excluding hydrogens is 442 g/mol. The van der Waals surface area contributed by atoms with Gasteiger partial charge in [-0.25, -0.2) is 28.8 Å². The molecule has 1 amide bonds. The van der Waals surface area contributed by atoms with E-state index in [2.05, 4.69) is 20.4 Å². The molecule has 1 fully saturated rings.